The maximum atomic E-state index is 14.0. The van der Waals surface area contributed by atoms with E-state index < -0.39 is 90.8 Å². The number of rotatable bonds is 19. The van der Waals surface area contributed by atoms with Crippen LogP contribution in [0.25, 0.3) is 0 Å². The third-order valence-corrected chi connectivity index (χ3v) is 10.3. The van der Waals surface area contributed by atoms with Gasteiger partial charge in [-0.1, -0.05) is 36.4 Å². The lowest BCUT2D eigenvalue weighted by Crippen LogP contribution is -2.58. The molecule has 4 rings (SSSR count). The summed E-state index contributed by atoms with van der Waals surface area (Å²) in [6.07, 6.45) is 0.669. The van der Waals surface area contributed by atoms with Crippen LogP contribution in [0.3, 0.4) is 0 Å². The molecule has 316 valence electrons. The average Bonchev–Trinajstić information content (AvgIpc) is 3.71. The molecule has 11 N–H and O–H groups in total. The summed E-state index contributed by atoms with van der Waals surface area (Å²) in [5.74, 6) is -5.74. The molecule has 59 heavy (non-hydrogen) atoms. The van der Waals surface area contributed by atoms with Gasteiger partial charge in [0.25, 0.3) is 0 Å². The largest absolute Gasteiger partial charge is 0.508 e. The molecule has 1 aliphatic rings. The van der Waals surface area contributed by atoms with Gasteiger partial charge in [0, 0.05) is 23.0 Å². The summed E-state index contributed by atoms with van der Waals surface area (Å²) in [6.45, 7) is 0.0479. The quantitative estimate of drug-likeness (QED) is 0.0662. The standard InChI is InChI=1S/C40H48IN7O11/c1-22(44-36(54)29(42)17-23-6-12-27(50)13-7-23)35(53)46-30(18-24-4-10-26(41)11-5-24)37(55)43-20-34(52)45-31(19-25-8-14-28(51)15-9-25)39(57)48-16-2-3-33(48)38(56)47-32(21-49)40(58)59/h4-15,22,29-33,49-51H,2-3,16-21,42H2,1H3,(H,43,55)(H,44,54)(H,45,52)(H,46,53)(H,47,56)(H,58,59)/t22-,29+,30+,31+,32+,33+/m1/s1/i41+4. The smallest absolute Gasteiger partial charge is 0.328 e. The summed E-state index contributed by atoms with van der Waals surface area (Å²) in [5.41, 5.74) is 7.98. The van der Waals surface area contributed by atoms with Crippen LogP contribution in [-0.4, -0.2) is 123 Å². The Morgan fingerprint density at radius 1 is 0.729 bits per heavy atom. The number of benzene rings is 3. The van der Waals surface area contributed by atoms with Gasteiger partial charge in [-0.15, -0.1) is 0 Å². The number of phenolic OH excluding ortho intramolecular Hbond substituents is 2. The van der Waals surface area contributed by atoms with Crippen molar-refractivity contribution in [1.82, 2.24) is 31.5 Å². The average molecular weight is 934 g/mol. The summed E-state index contributed by atoms with van der Waals surface area (Å²) in [6, 6.07) is 11.9. The van der Waals surface area contributed by atoms with E-state index in [-0.39, 0.29) is 43.7 Å². The van der Waals surface area contributed by atoms with E-state index in [4.69, 9.17) is 5.73 Å². The van der Waals surface area contributed by atoms with E-state index >= 15 is 0 Å². The SMILES string of the molecule is C[C@@H](NC(=O)[C@@H](N)Cc1ccc(O)cc1)C(=O)N[C@@H](Cc1ccc([131I])cc1)C(=O)NCC(=O)N[C@@H](Cc1ccc(O)cc1)C(=O)N1CCC[C@H]1C(=O)N[C@@H](CO)C(=O)O. The number of likely N-dealkylation sites (tertiary alicyclic amines) is 1. The van der Waals surface area contributed by atoms with E-state index in [1.807, 2.05) is 12.1 Å². The van der Waals surface area contributed by atoms with Crippen LogP contribution in [0, 0.1) is 3.57 Å². The van der Waals surface area contributed by atoms with Crippen molar-refractivity contribution in [3.8, 4) is 11.5 Å². The third kappa shape index (κ3) is 13.9. The predicted molar refractivity (Wildman–Crippen MR) is 220 cm³/mol. The molecule has 1 fully saturated rings. The van der Waals surface area contributed by atoms with Gasteiger partial charge < -0.3 is 57.6 Å². The number of phenols is 2. The van der Waals surface area contributed by atoms with Crippen molar-refractivity contribution in [2.24, 2.45) is 5.73 Å². The molecular formula is C40H48IN7O11. The summed E-state index contributed by atoms with van der Waals surface area (Å²) in [4.78, 5) is 92.9. The first-order chi connectivity index (χ1) is 28.0. The number of carbonyl (C=O) groups excluding carboxylic acids is 6. The Morgan fingerprint density at radius 2 is 1.27 bits per heavy atom. The number of aliphatic hydroxyl groups excluding tert-OH is 1. The molecular weight excluding hydrogens is 885 g/mol. The van der Waals surface area contributed by atoms with E-state index in [9.17, 15) is 54.0 Å². The maximum absolute atomic E-state index is 14.0. The number of carbonyl (C=O) groups is 7. The van der Waals surface area contributed by atoms with Crippen molar-refractivity contribution in [3.05, 3.63) is 93.1 Å². The third-order valence-electron chi connectivity index (χ3n) is 9.54. The minimum atomic E-state index is -1.59. The van der Waals surface area contributed by atoms with Crippen LogP contribution in [0.2, 0.25) is 0 Å². The predicted octanol–water partition coefficient (Wildman–Crippen LogP) is -0.799. The Labute approximate surface area is 353 Å². The molecule has 6 amide bonds. The molecule has 0 aliphatic carbocycles. The van der Waals surface area contributed by atoms with Gasteiger partial charge >= 0.3 is 5.97 Å². The molecule has 1 heterocycles. The number of aliphatic hydroxyl groups is 1. The van der Waals surface area contributed by atoms with Gasteiger partial charge in [0.1, 0.15) is 41.7 Å². The Bertz CT molecular complexity index is 1970. The number of aromatic hydroxyl groups is 2. The number of nitrogens with zero attached hydrogens (tertiary/aromatic N) is 1. The molecule has 0 radical (unpaired) electrons. The first-order valence-corrected chi connectivity index (χ1v) is 19.8. The van der Waals surface area contributed by atoms with Crippen LogP contribution in [0.4, 0.5) is 0 Å². The van der Waals surface area contributed by atoms with Crippen LogP contribution in [0.1, 0.15) is 36.5 Å². The van der Waals surface area contributed by atoms with E-state index in [1.165, 1.54) is 36.1 Å². The molecule has 1 aliphatic heterocycles. The number of hydrogen-bond acceptors (Lipinski definition) is 11. The van der Waals surface area contributed by atoms with Crippen molar-refractivity contribution in [3.63, 3.8) is 0 Å². The highest BCUT2D eigenvalue weighted by molar-refractivity contribution is 14.1. The van der Waals surface area contributed by atoms with Crippen molar-refractivity contribution >= 4 is 64.0 Å². The lowest BCUT2D eigenvalue weighted by Gasteiger charge is -2.29. The summed E-state index contributed by atoms with van der Waals surface area (Å²) >= 11 is 2.12. The maximum Gasteiger partial charge on any atom is 0.328 e. The lowest BCUT2D eigenvalue weighted by molar-refractivity contribution is -0.145. The molecule has 19 heteroatoms. The number of halogens is 1. The van der Waals surface area contributed by atoms with Gasteiger partial charge in [0.05, 0.1) is 19.2 Å². The Balaban J connectivity index is 1.44. The number of aliphatic carboxylic acids is 1. The summed E-state index contributed by atoms with van der Waals surface area (Å²) < 4.78 is 0.930. The highest BCUT2D eigenvalue weighted by Gasteiger charge is 2.39. The molecule has 1 saturated heterocycles. The molecule has 3 aromatic carbocycles. The van der Waals surface area contributed by atoms with Gasteiger partial charge in [-0.25, -0.2) is 4.79 Å². The molecule has 0 saturated carbocycles. The van der Waals surface area contributed by atoms with Gasteiger partial charge in [-0.2, -0.15) is 0 Å². The summed E-state index contributed by atoms with van der Waals surface area (Å²) in [5, 5.41) is 50.5. The number of carboxylic acids is 1. The second kappa shape index (κ2) is 21.8. The van der Waals surface area contributed by atoms with E-state index in [2.05, 4.69) is 49.2 Å². The minimum Gasteiger partial charge on any atom is -0.508 e. The lowest BCUT2D eigenvalue weighted by atomic mass is 10.0. The zero-order valence-electron chi connectivity index (χ0n) is 32.1. The minimum absolute atomic E-state index is 0.0105. The van der Waals surface area contributed by atoms with Crippen LogP contribution in [0.15, 0.2) is 72.8 Å². The van der Waals surface area contributed by atoms with Crippen molar-refractivity contribution in [2.75, 3.05) is 19.7 Å². The number of carboxylic acid groups (broad SMARTS) is 1. The van der Waals surface area contributed by atoms with Gasteiger partial charge in [0.2, 0.25) is 35.4 Å². The summed E-state index contributed by atoms with van der Waals surface area (Å²) in [7, 11) is 0. The highest BCUT2D eigenvalue weighted by Crippen LogP contribution is 2.21. The molecule has 6 atom stereocenters. The number of hydrogen-bond donors (Lipinski definition) is 10. The normalized spacial score (nSPS) is 16.1. The van der Waals surface area contributed by atoms with Gasteiger partial charge in [-0.05, 0) is 102 Å². The molecule has 18 nitrogen and oxygen atoms in total. The first kappa shape index (κ1) is 45.9. The molecule has 3 aromatic rings. The number of nitrogens with one attached hydrogen (secondary N) is 5. The van der Waals surface area contributed by atoms with E-state index in [1.54, 1.807) is 36.4 Å². The fourth-order valence-corrected chi connectivity index (χ4v) is 6.65. The molecule has 0 spiro atoms. The van der Waals surface area contributed by atoms with Crippen molar-refractivity contribution in [1.29, 1.82) is 0 Å². The van der Waals surface area contributed by atoms with Crippen LogP contribution in [0.5, 0.6) is 11.5 Å². The highest BCUT2D eigenvalue weighted by atomic mass is 131. The van der Waals surface area contributed by atoms with E-state index in [0.717, 1.165) is 3.57 Å². The monoisotopic (exact) mass is 933 g/mol. The van der Waals surface area contributed by atoms with E-state index in [0.29, 0.717) is 23.1 Å². The van der Waals surface area contributed by atoms with Crippen molar-refractivity contribution < 1.29 is 54.0 Å². The second-order valence-corrected chi connectivity index (χ2v) is 15.3. The fraction of sp³-hybridized carbons (Fsp3) is 0.375. The number of nitrogens with two attached hydrogens (primary N) is 1. The van der Waals surface area contributed by atoms with Crippen LogP contribution >= 0.6 is 22.6 Å². The molecule has 0 unspecified atom stereocenters. The first-order valence-electron chi connectivity index (χ1n) is 18.7. The molecule has 0 bridgehead atoms. The Morgan fingerprint density at radius 3 is 1.83 bits per heavy atom. The number of amides is 6. The second-order valence-electron chi connectivity index (χ2n) is 14.1. The van der Waals surface area contributed by atoms with Crippen molar-refractivity contribution in [2.45, 2.75) is 75.3 Å². The zero-order chi connectivity index (χ0) is 43.2. The van der Waals surface area contributed by atoms with Gasteiger partial charge in [0.15, 0.2) is 0 Å². The Kier molecular flexibility index (Phi) is 17.0. The zero-order valence-corrected chi connectivity index (χ0v) is 34.3. The Hall–Kier alpha value is -5.80. The van der Waals surface area contributed by atoms with Crippen LogP contribution < -0.4 is 32.3 Å². The van der Waals surface area contributed by atoms with Gasteiger partial charge in [-0.3, -0.25) is 28.8 Å². The van der Waals surface area contributed by atoms with Crippen LogP contribution in [-0.2, 0) is 52.8 Å². The topological polar surface area (TPSA) is 290 Å². The fourth-order valence-electron chi connectivity index (χ4n) is 6.29. The molecule has 0 aromatic heterocycles.